The van der Waals surface area contributed by atoms with Gasteiger partial charge in [-0.3, -0.25) is 9.89 Å². The number of hydrogen-bond donors (Lipinski definition) is 4. The largest absolute Gasteiger partial charge is 0.480 e. The van der Waals surface area contributed by atoms with Crippen LogP contribution in [0.4, 0.5) is 0 Å². The Labute approximate surface area is 85.0 Å². The van der Waals surface area contributed by atoms with Crippen molar-refractivity contribution in [2.45, 2.75) is 10.9 Å². The number of hydrogen-bond acceptors (Lipinski definition) is 5. The predicted molar refractivity (Wildman–Crippen MR) is 47.4 cm³/mol. The highest BCUT2D eigenvalue weighted by atomic mass is 32.2. The molecule has 15 heavy (non-hydrogen) atoms. The van der Waals surface area contributed by atoms with Crippen LogP contribution >= 0.6 is 0 Å². The van der Waals surface area contributed by atoms with Crippen molar-refractivity contribution in [1.29, 1.82) is 0 Å². The fourth-order valence-electron chi connectivity index (χ4n) is 0.807. The van der Waals surface area contributed by atoms with Crippen LogP contribution in [0.3, 0.4) is 0 Å². The van der Waals surface area contributed by atoms with Gasteiger partial charge in [0.05, 0.1) is 12.8 Å². The van der Waals surface area contributed by atoms with Crippen LogP contribution < -0.4 is 4.72 Å². The van der Waals surface area contributed by atoms with Crippen LogP contribution in [0.1, 0.15) is 0 Å². The number of aromatic amines is 1. The predicted octanol–water partition coefficient (Wildman–Crippen LogP) is -1.87. The van der Waals surface area contributed by atoms with E-state index in [1.807, 2.05) is 4.72 Å². The van der Waals surface area contributed by atoms with Gasteiger partial charge in [0.25, 0.3) is 0 Å². The van der Waals surface area contributed by atoms with Gasteiger partial charge in [0.15, 0.2) is 0 Å². The second-order valence-corrected chi connectivity index (χ2v) is 4.34. The monoisotopic (exact) mass is 235 g/mol. The van der Waals surface area contributed by atoms with Gasteiger partial charge in [-0.05, 0) is 0 Å². The van der Waals surface area contributed by atoms with Crippen molar-refractivity contribution >= 4 is 16.0 Å². The Morgan fingerprint density at radius 2 is 2.33 bits per heavy atom. The Morgan fingerprint density at radius 3 is 2.73 bits per heavy atom. The van der Waals surface area contributed by atoms with Gasteiger partial charge >= 0.3 is 5.97 Å². The molecule has 1 atom stereocenters. The highest BCUT2D eigenvalue weighted by molar-refractivity contribution is 7.89. The topological polar surface area (TPSA) is 132 Å². The van der Waals surface area contributed by atoms with Crippen LogP contribution in [0.5, 0.6) is 0 Å². The number of rotatable bonds is 5. The van der Waals surface area contributed by atoms with E-state index in [4.69, 9.17) is 10.2 Å². The van der Waals surface area contributed by atoms with E-state index in [0.717, 1.165) is 12.4 Å². The van der Waals surface area contributed by atoms with Crippen molar-refractivity contribution in [3.63, 3.8) is 0 Å². The molecule has 1 heterocycles. The van der Waals surface area contributed by atoms with E-state index in [2.05, 4.69) is 10.2 Å². The molecule has 0 fully saturated rings. The van der Waals surface area contributed by atoms with Crippen LogP contribution in [0.25, 0.3) is 0 Å². The number of nitrogens with one attached hydrogen (secondary N) is 2. The van der Waals surface area contributed by atoms with Crippen molar-refractivity contribution < 1.29 is 23.4 Å². The first-order valence-corrected chi connectivity index (χ1v) is 5.30. The number of aliphatic hydroxyl groups is 1. The molecule has 0 spiro atoms. The maximum Gasteiger partial charge on any atom is 0.324 e. The first-order chi connectivity index (χ1) is 6.97. The second-order valence-electron chi connectivity index (χ2n) is 2.63. The molecule has 0 saturated heterocycles. The fourth-order valence-corrected chi connectivity index (χ4v) is 1.89. The number of aliphatic hydroxyl groups excluding tert-OH is 1. The molecule has 1 unspecified atom stereocenters. The molecular formula is C6H9N3O5S. The summed E-state index contributed by atoms with van der Waals surface area (Å²) >= 11 is 0. The number of aromatic nitrogens is 2. The van der Waals surface area contributed by atoms with Gasteiger partial charge in [-0.1, -0.05) is 0 Å². The first kappa shape index (κ1) is 11.6. The molecule has 1 aromatic heterocycles. The summed E-state index contributed by atoms with van der Waals surface area (Å²) in [5.41, 5.74) is 0. The zero-order chi connectivity index (χ0) is 11.5. The minimum Gasteiger partial charge on any atom is -0.480 e. The van der Waals surface area contributed by atoms with Gasteiger partial charge in [0, 0.05) is 6.20 Å². The van der Waals surface area contributed by atoms with Crippen molar-refractivity contribution in [2.24, 2.45) is 0 Å². The SMILES string of the molecule is O=C(O)C(CO)NS(=O)(=O)c1cn[nH]c1. The number of sulfonamides is 1. The number of carbonyl (C=O) groups is 1. The smallest absolute Gasteiger partial charge is 0.324 e. The van der Waals surface area contributed by atoms with Crippen LogP contribution in [0.2, 0.25) is 0 Å². The van der Waals surface area contributed by atoms with Crippen molar-refractivity contribution in [1.82, 2.24) is 14.9 Å². The van der Waals surface area contributed by atoms with Crippen molar-refractivity contribution in [2.75, 3.05) is 6.61 Å². The van der Waals surface area contributed by atoms with Crippen LogP contribution in [-0.4, -0.2) is 47.4 Å². The van der Waals surface area contributed by atoms with E-state index in [-0.39, 0.29) is 4.90 Å². The molecule has 0 aliphatic rings. The Kier molecular flexibility index (Phi) is 3.39. The lowest BCUT2D eigenvalue weighted by Crippen LogP contribution is -2.43. The highest BCUT2D eigenvalue weighted by Crippen LogP contribution is 2.05. The summed E-state index contributed by atoms with van der Waals surface area (Å²) in [6, 6.07) is -1.56. The van der Waals surface area contributed by atoms with Gasteiger partial charge < -0.3 is 10.2 Å². The maximum atomic E-state index is 11.4. The van der Waals surface area contributed by atoms with Crippen molar-refractivity contribution in [3.8, 4) is 0 Å². The van der Waals surface area contributed by atoms with E-state index >= 15 is 0 Å². The van der Waals surface area contributed by atoms with E-state index < -0.39 is 28.6 Å². The molecule has 0 radical (unpaired) electrons. The first-order valence-electron chi connectivity index (χ1n) is 3.82. The molecule has 4 N–H and O–H groups in total. The lowest BCUT2D eigenvalue weighted by Gasteiger charge is -2.10. The Bertz CT molecular complexity index is 426. The quantitative estimate of drug-likeness (QED) is 0.472. The van der Waals surface area contributed by atoms with E-state index in [1.165, 1.54) is 0 Å². The summed E-state index contributed by atoms with van der Waals surface area (Å²) < 4.78 is 24.7. The van der Waals surface area contributed by atoms with Crippen LogP contribution in [0, 0.1) is 0 Å². The molecule has 1 rings (SSSR count). The average Bonchev–Trinajstić information content (AvgIpc) is 2.67. The van der Waals surface area contributed by atoms with E-state index in [0.29, 0.717) is 0 Å². The Balaban J connectivity index is 2.86. The molecule has 0 aromatic carbocycles. The summed E-state index contributed by atoms with van der Waals surface area (Å²) in [5, 5.41) is 22.8. The summed E-state index contributed by atoms with van der Waals surface area (Å²) in [5.74, 6) is -1.45. The van der Waals surface area contributed by atoms with Gasteiger partial charge in [0.2, 0.25) is 10.0 Å². The van der Waals surface area contributed by atoms with E-state index in [9.17, 15) is 13.2 Å². The molecule has 9 heteroatoms. The van der Waals surface area contributed by atoms with Gasteiger partial charge in [-0.25, -0.2) is 8.42 Å². The molecule has 0 aliphatic carbocycles. The number of aliphatic carboxylic acids is 1. The number of carboxylic acid groups (broad SMARTS) is 1. The minimum absolute atomic E-state index is 0.192. The average molecular weight is 235 g/mol. The Hall–Kier alpha value is -1.45. The maximum absolute atomic E-state index is 11.4. The third kappa shape index (κ3) is 2.75. The van der Waals surface area contributed by atoms with Crippen molar-refractivity contribution in [3.05, 3.63) is 12.4 Å². The molecular weight excluding hydrogens is 226 g/mol. The summed E-state index contributed by atoms with van der Waals surface area (Å²) in [7, 11) is -3.96. The standard InChI is InChI=1S/C6H9N3O5S/c10-3-5(6(11)12)9-15(13,14)4-1-7-8-2-4/h1-2,5,9-10H,3H2,(H,7,8)(H,11,12). The molecule has 1 aromatic rings. The molecule has 0 saturated carbocycles. The van der Waals surface area contributed by atoms with Gasteiger partial charge in [-0.2, -0.15) is 9.82 Å². The zero-order valence-corrected chi connectivity index (χ0v) is 8.23. The summed E-state index contributed by atoms with van der Waals surface area (Å²) in [4.78, 5) is 10.3. The second kappa shape index (κ2) is 4.38. The molecule has 0 bridgehead atoms. The third-order valence-corrected chi connectivity index (χ3v) is 3.00. The fraction of sp³-hybridized carbons (Fsp3) is 0.333. The van der Waals surface area contributed by atoms with E-state index in [1.54, 1.807) is 0 Å². The van der Waals surface area contributed by atoms with Crippen LogP contribution in [0.15, 0.2) is 17.3 Å². The number of carboxylic acids is 1. The van der Waals surface area contributed by atoms with Gasteiger partial charge in [0.1, 0.15) is 10.9 Å². The summed E-state index contributed by atoms with van der Waals surface area (Å²) in [6.45, 7) is -0.827. The molecule has 84 valence electrons. The third-order valence-electron chi connectivity index (χ3n) is 1.56. The van der Waals surface area contributed by atoms with Gasteiger partial charge in [-0.15, -0.1) is 0 Å². The summed E-state index contributed by atoms with van der Waals surface area (Å²) in [6.07, 6.45) is 2.12. The lowest BCUT2D eigenvalue weighted by atomic mass is 10.3. The lowest BCUT2D eigenvalue weighted by molar-refractivity contribution is -0.139. The number of H-pyrrole nitrogens is 1. The molecule has 0 amide bonds. The minimum atomic E-state index is -3.96. The Morgan fingerprint density at radius 1 is 1.67 bits per heavy atom. The number of nitrogens with zero attached hydrogens (tertiary/aromatic N) is 1. The molecule has 0 aliphatic heterocycles. The normalized spacial score (nSPS) is 13.7. The molecule has 8 nitrogen and oxygen atoms in total. The zero-order valence-electron chi connectivity index (χ0n) is 7.41. The highest BCUT2D eigenvalue weighted by Gasteiger charge is 2.25. The van der Waals surface area contributed by atoms with Crippen LogP contribution in [-0.2, 0) is 14.8 Å².